The standard InChI is InChI=1S/C15H15N3O.C4H11NO/c1-15(2,3)19-18-14-12-10(6-4-8-16-12)11-7-5-9-17-13(11)14;1-4(2,3)6-5/h4-9H,1-3H3;5H2,1-3H3. The molecular formula is C19H26N4O2. The van der Waals surface area contributed by atoms with E-state index < -0.39 is 0 Å². The molecule has 0 bridgehead atoms. The van der Waals surface area contributed by atoms with Crippen LogP contribution in [0, 0.1) is 0 Å². The molecule has 0 spiro atoms. The predicted molar refractivity (Wildman–Crippen MR) is 99.0 cm³/mol. The highest BCUT2D eigenvalue weighted by Crippen LogP contribution is 2.34. The van der Waals surface area contributed by atoms with Crippen LogP contribution in [0.4, 0.5) is 0 Å². The molecule has 25 heavy (non-hydrogen) atoms. The highest BCUT2D eigenvalue weighted by molar-refractivity contribution is 6.21. The summed E-state index contributed by atoms with van der Waals surface area (Å²) in [4.78, 5) is 18.8. The second-order valence-electron chi connectivity index (χ2n) is 7.67. The molecule has 0 atom stereocenters. The molecule has 2 heterocycles. The summed E-state index contributed by atoms with van der Waals surface area (Å²) in [5, 5.41) is 4.27. The molecule has 0 radical (unpaired) electrons. The Morgan fingerprint density at radius 1 is 0.840 bits per heavy atom. The maximum Gasteiger partial charge on any atom is 0.155 e. The summed E-state index contributed by atoms with van der Waals surface area (Å²) >= 11 is 0. The minimum atomic E-state index is -0.334. The van der Waals surface area contributed by atoms with Gasteiger partial charge in [-0.15, -0.1) is 0 Å². The molecule has 0 fully saturated rings. The van der Waals surface area contributed by atoms with Gasteiger partial charge in [-0.3, -0.25) is 14.8 Å². The van der Waals surface area contributed by atoms with E-state index in [0.29, 0.717) is 5.71 Å². The molecule has 6 nitrogen and oxygen atoms in total. The van der Waals surface area contributed by atoms with E-state index in [1.165, 1.54) is 0 Å². The molecule has 2 N–H and O–H groups in total. The van der Waals surface area contributed by atoms with Gasteiger partial charge in [0.15, 0.2) is 5.71 Å². The summed E-state index contributed by atoms with van der Waals surface area (Å²) in [6.45, 7) is 11.6. The van der Waals surface area contributed by atoms with Crippen molar-refractivity contribution in [1.82, 2.24) is 9.97 Å². The van der Waals surface area contributed by atoms with Gasteiger partial charge >= 0.3 is 0 Å². The Hall–Kier alpha value is -2.31. The van der Waals surface area contributed by atoms with Crippen molar-refractivity contribution in [2.45, 2.75) is 52.7 Å². The fourth-order valence-corrected chi connectivity index (χ4v) is 2.00. The predicted octanol–water partition coefficient (Wildman–Crippen LogP) is 3.70. The van der Waals surface area contributed by atoms with Crippen LogP contribution in [-0.2, 0) is 9.68 Å². The Labute approximate surface area is 149 Å². The van der Waals surface area contributed by atoms with Gasteiger partial charge < -0.3 is 4.84 Å². The third kappa shape index (κ3) is 5.08. The van der Waals surface area contributed by atoms with E-state index in [9.17, 15) is 0 Å². The second-order valence-corrected chi connectivity index (χ2v) is 7.67. The molecule has 0 unspecified atom stereocenters. The van der Waals surface area contributed by atoms with Gasteiger partial charge in [0.1, 0.15) is 17.0 Å². The largest absolute Gasteiger partial charge is 0.389 e. The summed E-state index contributed by atoms with van der Waals surface area (Å²) in [7, 11) is 0. The molecule has 1 aliphatic carbocycles. The maximum atomic E-state index is 5.53. The Bertz CT molecular complexity index is 711. The van der Waals surface area contributed by atoms with E-state index in [4.69, 9.17) is 10.7 Å². The minimum Gasteiger partial charge on any atom is -0.389 e. The van der Waals surface area contributed by atoms with Crippen LogP contribution in [0.2, 0.25) is 0 Å². The molecule has 2 aromatic heterocycles. The quantitative estimate of drug-likeness (QED) is 0.682. The van der Waals surface area contributed by atoms with Crippen LogP contribution in [-0.4, -0.2) is 26.9 Å². The first-order valence-corrected chi connectivity index (χ1v) is 8.17. The van der Waals surface area contributed by atoms with E-state index in [-0.39, 0.29) is 11.2 Å². The van der Waals surface area contributed by atoms with Gasteiger partial charge in [0.25, 0.3) is 0 Å². The molecule has 134 valence electrons. The Kier molecular flexibility index (Phi) is 5.55. The summed E-state index contributed by atoms with van der Waals surface area (Å²) in [5.74, 6) is 4.81. The molecule has 0 aliphatic heterocycles. The fraction of sp³-hybridized carbons (Fsp3) is 0.421. The number of oxime groups is 1. The molecule has 0 aromatic carbocycles. The first kappa shape index (κ1) is 19.0. The molecule has 6 heteroatoms. The summed E-state index contributed by atoms with van der Waals surface area (Å²) in [5.41, 5.74) is 3.98. The number of hydrogen-bond donors (Lipinski definition) is 1. The van der Waals surface area contributed by atoms with E-state index in [0.717, 1.165) is 22.5 Å². The number of aromatic nitrogens is 2. The average molecular weight is 342 g/mol. The van der Waals surface area contributed by atoms with Gasteiger partial charge in [-0.05, 0) is 53.7 Å². The molecule has 1 aliphatic rings. The van der Waals surface area contributed by atoms with Gasteiger partial charge in [0.05, 0.1) is 5.60 Å². The van der Waals surface area contributed by atoms with Gasteiger partial charge in [0, 0.05) is 23.5 Å². The van der Waals surface area contributed by atoms with Crippen molar-refractivity contribution < 1.29 is 9.68 Å². The Morgan fingerprint density at radius 2 is 1.28 bits per heavy atom. The third-order valence-electron chi connectivity index (χ3n) is 3.12. The zero-order chi connectivity index (χ0) is 18.7. The molecule has 0 saturated heterocycles. The minimum absolute atomic E-state index is 0.181. The van der Waals surface area contributed by atoms with Gasteiger partial charge in [-0.2, -0.15) is 0 Å². The first-order valence-electron chi connectivity index (χ1n) is 8.17. The number of pyridine rings is 2. The summed E-state index contributed by atoms with van der Waals surface area (Å²) < 4.78 is 0. The molecule has 0 saturated carbocycles. The van der Waals surface area contributed by atoms with Crippen molar-refractivity contribution >= 4 is 5.71 Å². The lowest BCUT2D eigenvalue weighted by atomic mass is 10.1. The maximum absolute atomic E-state index is 5.53. The van der Waals surface area contributed by atoms with Gasteiger partial charge in [-0.25, -0.2) is 5.90 Å². The van der Waals surface area contributed by atoms with Gasteiger partial charge in [0.2, 0.25) is 0 Å². The van der Waals surface area contributed by atoms with Gasteiger partial charge in [-0.1, -0.05) is 17.3 Å². The van der Waals surface area contributed by atoms with Crippen molar-refractivity contribution in [3.8, 4) is 11.1 Å². The number of nitrogens with two attached hydrogens (primary N) is 1. The summed E-state index contributed by atoms with van der Waals surface area (Å²) in [6, 6.07) is 7.90. The van der Waals surface area contributed by atoms with Crippen molar-refractivity contribution in [1.29, 1.82) is 0 Å². The van der Waals surface area contributed by atoms with Crippen molar-refractivity contribution in [3.63, 3.8) is 0 Å². The number of rotatable bonds is 1. The SMILES string of the molecule is CC(C)(C)ON.CC(C)(C)ON=C1c2ncccc2-c2cccnc21. The van der Waals surface area contributed by atoms with Crippen LogP contribution in [0.5, 0.6) is 0 Å². The van der Waals surface area contributed by atoms with Crippen molar-refractivity contribution in [3.05, 3.63) is 48.0 Å². The second kappa shape index (κ2) is 7.29. The van der Waals surface area contributed by atoms with Crippen LogP contribution in [0.3, 0.4) is 0 Å². The lowest BCUT2D eigenvalue weighted by molar-refractivity contribution is -0.00430. The zero-order valence-corrected chi connectivity index (χ0v) is 15.7. The third-order valence-corrected chi connectivity index (χ3v) is 3.12. The van der Waals surface area contributed by atoms with E-state index >= 15 is 0 Å². The molecule has 3 rings (SSSR count). The normalized spacial score (nSPS) is 12.7. The molecule has 0 amide bonds. The number of hydrogen-bond acceptors (Lipinski definition) is 6. The smallest absolute Gasteiger partial charge is 0.155 e. The zero-order valence-electron chi connectivity index (χ0n) is 15.7. The van der Waals surface area contributed by atoms with E-state index in [1.807, 2.05) is 65.8 Å². The van der Waals surface area contributed by atoms with Crippen LogP contribution in [0.1, 0.15) is 52.9 Å². The Morgan fingerprint density at radius 3 is 1.64 bits per heavy atom. The molecule has 2 aromatic rings. The topological polar surface area (TPSA) is 82.6 Å². The average Bonchev–Trinajstić information content (AvgIpc) is 2.86. The lowest BCUT2D eigenvalue weighted by Crippen LogP contribution is -2.22. The van der Waals surface area contributed by atoms with Crippen molar-refractivity contribution in [2.24, 2.45) is 11.1 Å². The highest BCUT2D eigenvalue weighted by atomic mass is 16.6. The first-order chi connectivity index (χ1) is 11.6. The van der Waals surface area contributed by atoms with Crippen LogP contribution < -0.4 is 5.90 Å². The summed E-state index contributed by atoms with van der Waals surface area (Å²) in [6.07, 6.45) is 3.52. The Balaban J connectivity index is 0.000000326. The number of nitrogens with zero attached hydrogens (tertiary/aromatic N) is 3. The fourth-order valence-electron chi connectivity index (χ4n) is 2.00. The van der Waals surface area contributed by atoms with Crippen LogP contribution in [0.25, 0.3) is 11.1 Å². The van der Waals surface area contributed by atoms with Crippen LogP contribution in [0.15, 0.2) is 41.8 Å². The lowest BCUT2D eigenvalue weighted by Gasteiger charge is -2.15. The van der Waals surface area contributed by atoms with Crippen LogP contribution >= 0.6 is 0 Å². The van der Waals surface area contributed by atoms with E-state index in [1.54, 1.807) is 12.4 Å². The van der Waals surface area contributed by atoms with Crippen molar-refractivity contribution in [2.75, 3.05) is 0 Å². The monoisotopic (exact) mass is 342 g/mol. The number of fused-ring (bicyclic) bond motifs is 3. The van der Waals surface area contributed by atoms with E-state index in [2.05, 4.69) is 20.0 Å². The molecular weight excluding hydrogens is 316 g/mol. The highest BCUT2D eigenvalue weighted by Gasteiger charge is 2.28.